The van der Waals surface area contributed by atoms with Crippen LogP contribution in [0.1, 0.15) is 6.92 Å². The molecule has 1 saturated heterocycles. The molecule has 0 radical (unpaired) electrons. The summed E-state index contributed by atoms with van der Waals surface area (Å²) >= 11 is 6.23. The van der Waals surface area contributed by atoms with E-state index in [4.69, 9.17) is 17.3 Å². The number of piperazine rings is 1. The molecule has 0 bridgehead atoms. The predicted molar refractivity (Wildman–Crippen MR) is 78.3 cm³/mol. The van der Waals surface area contributed by atoms with Gasteiger partial charge in [0.05, 0.1) is 10.7 Å². The summed E-state index contributed by atoms with van der Waals surface area (Å²) in [6.45, 7) is 8.35. The lowest BCUT2D eigenvalue weighted by molar-refractivity contribution is 0.227. The van der Waals surface area contributed by atoms with E-state index in [1.165, 1.54) is 0 Å². The van der Waals surface area contributed by atoms with Gasteiger partial charge in [0, 0.05) is 32.7 Å². The summed E-state index contributed by atoms with van der Waals surface area (Å²) in [5.74, 6) is 0.580. The Balaban J connectivity index is 1.89. The monoisotopic (exact) mass is 267 g/mol. The number of nitrogens with two attached hydrogens (primary N) is 1. The first-order chi connectivity index (χ1) is 8.70. The maximum atomic E-state index is 6.23. The van der Waals surface area contributed by atoms with Crippen LogP contribution in [-0.4, -0.2) is 44.2 Å². The molecule has 1 aromatic rings. The van der Waals surface area contributed by atoms with Gasteiger partial charge in [-0.15, -0.1) is 0 Å². The molecular weight excluding hydrogens is 246 g/mol. The maximum Gasteiger partial charge on any atom is 0.0639 e. The molecule has 0 amide bonds. The summed E-state index contributed by atoms with van der Waals surface area (Å²) < 4.78 is 0. The first kappa shape index (κ1) is 13.7. The van der Waals surface area contributed by atoms with Gasteiger partial charge >= 0.3 is 0 Å². The van der Waals surface area contributed by atoms with Gasteiger partial charge in [0.2, 0.25) is 0 Å². The van der Waals surface area contributed by atoms with Gasteiger partial charge in [-0.25, -0.2) is 0 Å². The molecular formula is C14H22ClN3. The van der Waals surface area contributed by atoms with Crippen molar-refractivity contribution >= 4 is 17.3 Å². The Morgan fingerprint density at radius 2 is 1.89 bits per heavy atom. The zero-order valence-corrected chi connectivity index (χ0v) is 11.7. The van der Waals surface area contributed by atoms with Gasteiger partial charge in [0.25, 0.3) is 0 Å². The molecule has 3 nitrogen and oxygen atoms in total. The standard InChI is InChI=1S/C14H22ClN3/c1-12(10-16)11-17-6-8-18(9-7-17)14-5-3-2-4-13(14)15/h2-5,12H,6-11,16H2,1H3. The molecule has 0 aliphatic carbocycles. The molecule has 0 spiro atoms. The Hall–Kier alpha value is -0.770. The number of nitrogens with zero attached hydrogens (tertiary/aromatic N) is 2. The quantitative estimate of drug-likeness (QED) is 0.906. The molecule has 18 heavy (non-hydrogen) atoms. The third-order valence-electron chi connectivity index (χ3n) is 3.54. The first-order valence-electron chi connectivity index (χ1n) is 6.62. The van der Waals surface area contributed by atoms with E-state index in [1.807, 2.05) is 18.2 Å². The van der Waals surface area contributed by atoms with Gasteiger partial charge in [-0.05, 0) is 24.6 Å². The highest BCUT2D eigenvalue weighted by atomic mass is 35.5. The van der Waals surface area contributed by atoms with Crippen LogP contribution >= 0.6 is 11.6 Å². The van der Waals surface area contributed by atoms with E-state index in [2.05, 4.69) is 22.8 Å². The molecule has 1 unspecified atom stereocenters. The van der Waals surface area contributed by atoms with Crippen molar-refractivity contribution in [3.63, 3.8) is 0 Å². The smallest absolute Gasteiger partial charge is 0.0639 e. The second-order valence-corrected chi connectivity index (χ2v) is 5.49. The Bertz CT molecular complexity index is 375. The van der Waals surface area contributed by atoms with Crippen molar-refractivity contribution in [1.82, 2.24) is 4.90 Å². The van der Waals surface area contributed by atoms with Crippen LogP contribution in [-0.2, 0) is 0 Å². The van der Waals surface area contributed by atoms with E-state index in [9.17, 15) is 0 Å². The molecule has 2 N–H and O–H groups in total. The molecule has 4 heteroatoms. The second kappa shape index (κ2) is 6.41. The van der Waals surface area contributed by atoms with E-state index in [0.717, 1.165) is 50.0 Å². The molecule has 0 saturated carbocycles. The minimum absolute atomic E-state index is 0.580. The normalized spacial score (nSPS) is 18.9. The van der Waals surface area contributed by atoms with Gasteiger partial charge in [0.15, 0.2) is 0 Å². The summed E-state index contributed by atoms with van der Waals surface area (Å²) in [4.78, 5) is 4.86. The lowest BCUT2D eigenvalue weighted by atomic mass is 10.1. The Morgan fingerprint density at radius 1 is 1.22 bits per heavy atom. The molecule has 1 fully saturated rings. The first-order valence-corrected chi connectivity index (χ1v) is 7.00. The average Bonchev–Trinajstić information content (AvgIpc) is 2.40. The maximum absolute atomic E-state index is 6.23. The topological polar surface area (TPSA) is 32.5 Å². The summed E-state index contributed by atoms with van der Waals surface area (Å²) in [6.07, 6.45) is 0. The number of anilines is 1. The molecule has 1 aromatic carbocycles. The Kier molecular flexibility index (Phi) is 4.87. The fraction of sp³-hybridized carbons (Fsp3) is 0.571. The number of hydrogen-bond acceptors (Lipinski definition) is 3. The Morgan fingerprint density at radius 3 is 2.50 bits per heavy atom. The highest BCUT2D eigenvalue weighted by Gasteiger charge is 2.19. The summed E-state index contributed by atoms with van der Waals surface area (Å²) in [7, 11) is 0. The van der Waals surface area contributed by atoms with E-state index in [0.29, 0.717) is 5.92 Å². The molecule has 1 aliphatic heterocycles. The van der Waals surface area contributed by atoms with Gasteiger partial charge in [-0.2, -0.15) is 0 Å². The zero-order chi connectivity index (χ0) is 13.0. The van der Waals surface area contributed by atoms with Crippen LogP contribution in [0.2, 0.25) is 5.02 Å². The third-order valence-corrected chi connectivity index (χ3v) is 3.86. The lowest BCUT2D eigenvalue weighted by Crippen LogP contribution is -2.48. The SMILES string of the molecule is CC(CN)CN1CCN(c2ccccc2Cl)CC1. The number of hydrogen-bond donors (Lipinski definition) is 1. The van der Waals surface area contributed by atoms with Crippen LogP contribution in [0.25, 0.3) is 0 Å². The van der Waals surface area contributed by atoms with Crippen molar-refractivity contribution < 1.29 is 0 Å². The van der Waals surface area contributed by atoms with Gasteiger partial charge in [-0.3, -0.25) is 4.90 Å². The summed E-state index contributed by atoms with van der Waals surface area (Å²) in [5.41, 5.74) is 6.83. The van der Waals surface area contributed by atoms with E-state index in [-0.39, 0.29) is 0 Å². The fourth-order valence-corrected chi connectivity index (χ4v) is 2.65. The fourth-order valence-electron chi connectivity index (χ4n) is 2.39. The van der Waals surface area contributed by atoms with Crippen molar-refractivity contribution in [2.75, 3.05) is 44.2 Å². The minimum atomic E-state index is 0.580. The van der Waals surface area contributed by atoms with Crippen LogP contribution < -0.4 is 10.6 Å². The van der Waals surface area contributed by atoms with Gasteiger partial charge < -0.3 is 10.6 Å². The third kappa shape index (κ3) is 3.37. The van der Waals surface area contributed by atoms with E-state index >= 15 is 0 Å². The van der Waals surface area contributed by atoms with Crippen LogP contribution in [0, 0.1) is 5.92 Å². The number of rotatable bonds is 4. The summed E-state index contributed by atoms with van der Waals surface area (Å²) in [6, 6.07) is 8.08. The molecule has 1 aliphatic rings. The second-order valence-electron chi connectivity index (χ2n) is 5.08. The predicted octanol–water partition coefficient (Wildman–Crippen LogP) is 2.06. The lowest BCUT2D eigenvalue weighted by Gasteiger charge is -2.37. The summed E-state index contributed by atoms with van der Waals surface area (Å²) in [5, 5.41) is 0.848. The van der Waals surface area contributed by atoms with Gasteiger partial charge in [0.1, 0.15) is 0 Å². The van der Waals surface area contributed by atoms with Crippen molar-refractivity contribution in [3.8, 4) is 0 Å². The highest BCUT2D eigenvalue weighted by Crippen LogP contribution is 2.26. The van der Waals surface area contributed by atoms with Crippen LogP contribution in [0.4, 0.5) is 5.69 Å². The zero-order valence-electron chi connectivity index (χ0n) is 11.0. The number of benzene rings is 1. The average molecular weight is 268 g/mol. The number of para-hydroxylation sites is 1. The van der Waals surface area contributed by atoms with Crippen LogP contribution in [0.5, 0.6) is 0 Å². The molecule has 100 valence electrons. The van der Waals surface area contributed by atoms with Crippen LogP contribution in [0.15, 0.2) is 24.3 Å². The van der Waals surface area contributed by atoms with E-state index in [1.54, 1.807) is 0 Å². The molecule has 1 atom stereocenters. The molecule has 1 heterocycles. The van der Waals surface area contributed by atoms with Crippen LogP contribution in [0.3, 0.4) is 0 Å². The highest BCUT2D eigenvalue weighted by molar-refractivity contribution is 6.33. The van der Waals surface area contributed by atoms with Crippen molar-refractivity contribution in [2.45, 2.75) is 6.92 Å². The van der Waals surface area contributed by atoms with Crippen molar-refractivity contribution in [1.29, 1.82) is 0 Å². The Labute approximate surface area is 115 Å². The van der Waals surface area contributed by atoms with E-state index < -0.39 is 0 Å². The molecule has 0 aromatic heterocycles. The molecule has 2 rings (SSSR count). The van der Waals surface area contributed by atoms with Gasteiger partial charge in [-0.1, -0.05) is 30.7 Å². The minimum Gasteiger partial charge on any atom is -0.368 e. The van der Waals surface area contributed by atoms with Crippen molar-refractivity contribution in [2.24, 2.45) is 11.7 Å². The largest absolute Gasteiger partial charge is 0.368 e. The van der Waals surface area contributed by atoms with Crippen molar-refractivity contribution in [3.05, 3.63) is 29.3 Å². The number of halogens is 1.